The van der Waals surface area contributed by atoms with Crippen LogP contribution in [0.5, 0.6) is 0 Å². The Bertz CT molecular complexity index is 1090. The summed E-state index contributed by atoms with van der Waals surface area (Å²) >= 11 is 0. The monoisotopic (exact) mass is 420 g/mol. The molecule has 1 fully saturated rings. The Labute approximate surface area is 180 Å². The zero-order valence-electron chi connectivity index (χ0n) is 17.2. The molecule has 1 amide bonds. The predicted octanol–water partition coefficient (Wildman–Crippen LogP) is 2.96. The molecule has 31 heavy (non-hydrogen) atoms. The minimum Gasteiger partial charge on any atom is -0.370 e. The van der Waals surface area contributed by atoms with Crippen LogP contribution < -0.4 is 15.8 Å². The molecule has 4 rings (SSSR count). The maximum Gasteiger partial charge on any atom is 0.269 e. The second-order valence-corrected chi connectivity index (χ2v) is 7.80. The lowest BCUT2D eigenvalue weighted by Crippen LogP contribution is -2.41. The van der Waals surface area contributed by atoms with E-state index in [1.165, 1.54) is 16.8 Å². The standard InChI is InChI=1S/C24H25FN4O2/c25-21-8-4-7-19(13-21)15-26-24(31)20-9-11-28(12-10-20)22-14-23(30)29(27-16-22)17-18-5-2-1-3-6-18/h1-8,13-14,16,20H,9-12,15,17H2,(H,26,31). The van der Waals surface area contributed by atoms with Gasteiger partial charge in [0.1, 0.15) is 5.82 Å². The lowest BCUT2D eigenvalue weighted by Gasteiger charge is -2.32. The fourth-order valence-corrected chi connectivity index (χ4v) is 3.85. The van der Waals surface area contributed by atoms with E-state index in [0.717, 1.165) is 16.8 Å². The molecule has 160 valence electrons. The third-order valence-electron chi connectivity index (χ3n) is 5.62. The highest BCUT2D eigenvalue weighted by molar-refractivity contribution is 5.79. The Hall–Kier alpha value is -3.48. The topological polar surface area (TPSA) is 67.2 Å². The van der Waals surface area contributed by atoms with Gasteiger partial charge in [-0.1, -0.05) is 42.5 Å². The fraction of sp³-hybridized carbons (Fsp3) is 0.292. The van der Waals surface area contributed by atoms with Crippen LogP contribution in [0.25, 0.3) is 0 Å². The summed E-state index contributed by atoms with van der Waals surface area (Å²) in [5, 5.41) is 7.23. The number of aromatic nitrogens is 2. The zero-order valence-corrected chi connectivity index (χ0v) is 17.2. The van der Waals surface area contributed by atoms with Crippen LogP contribution in [0, 0.1) is 11.7 Å². The number of nitrogens with one attached hydrogen (secondary N) is 1. The lowest BCUT2D eigenvalue weighted by molar-refractivity contribution is -0.125. The van der Waals surface area contributed by atoms with Crippen molar-refractivity contribution in [3.05, 3.63) is 94.2 Å². The first-order valence-corrected chi connectivity index (χ1v) is 10.5. The second-order valence-electron chi connectivity index (χ2n) is 7.80. The first-order valence-electron chi connectivity index (χ1n) is 10.5. The summed E-state index contributed by atoms with van der Waals surface area (Å²) in [7, 11) is 0. The molecular weight excluding hydrogens is 395 g/mol. The van der Waals surface area contributed by atoms with E-state index in [-0.39, 0.29) is 23.2 Å². The smallest absolute Gasteiger partial charge is 0.269 e. The molecule has 0 spiro atoms. The Balaban J connectivity index is 1.30. The summed E-state index contributed by atoms with van der Waals surface area (Å²) < 4.78 is 14.7. The van der Waals surface area contributed by atoms with Gasteiger partial charge < -0.3 is 10.2 Å². The van der Waals surface area contributed by atoms with Crippen LogP contribution in [-0.2, 0) is 17.9 Å². The number of amides is 1. The van der Waals surface area contributed by atoms with Crippen molar-refractivity contribution in [1.29, 1.82) is 0 Å². The number of nitrogens with zero attached hydrogens (tertiary/aromatic N) is 3. The molecule has 6 nitrogen and oxygen atoms in total. The number of halogens is 1. The average molecular weight is 420 g/mol. The van der Waals surface area contributed by atoms with E-state index in [4.69, 9.17) is 0 Å². The van der Waals surface area contributed by atoms with Gasteiger partial charge in [-0.15, -0.1) is 0 Å². The SMILES string of the molecule is O=C(NCc1cccc(F)c1)C1CCN(c2cnn(Cc3ccccc3)c(=O)c2)CC1. The van der Waals surface area contributed by atoms with Crippen molar-refractivity contribution in [3.8, 4) is 0 Å². The van der Waals surface area contributed by atoms with Crippen LogP contribution in [0.4, 0.5) is 10.1 Å². The maximum absolute atomic E-state index is 13.3. The van der Waals surface area contributed by atoms with E-state index < -0.39 is 0 Å². The molecule has 0 atom stereocenters. The molecule has 3 aromatic rings. The minimum atomic E-state index is -0.306. The minimum absolute atomic E-state index is 0.0136. The number of rotatable bonds is 6. The molecular formula is C24H25FN4O2. The van der Waals surface area contributed by atoms with Gasteiger partial charge in [0.2, 0.25) is 5.91 Å². The van der Waals surface area contributed by atoms with Crippen molar-refractivity contribution < 1.29 is 9.18 Å². The van der Waals surface area contributed by atoms with Gasteiger partial charge in [0, 0.05) is 31.6 Å². The zero-order chi connectivity index (χ0) is 21.6. The Kier molecular flexibility index (Phi) is 6.40. The van der Waals surface area contributed by atoms with Crippen LogP contribution in [0.3, 0.4) is 0 Å². The Morgan fingerprint density at radius 3 is 2.48 bits per heavy atom. The predicted molar refractivity (Wildman–Crippen MR) is 117 cm³/mol. The summed E-state index contributed by atoms with van der Waals surface area (Å²) in [6.45, 7) is 2.12. The lowest BCUT2D eigenvalue weighted by atomic mass is 9.95. The summed E-state index contributed by atoms with van der Waals surface area (Å²) in [4.78, 5) is 27.1. The van der Waals surface area contributed by atoms with Crippen LogP contribution in [0.2, 0.25) is 0 Å². The number of hydrogen-bond acceptors (Lipinski definition) is 4. The normalized spacial score (nSPS) is 14.4. The first kappa shape index (κ1) is 20.8. The third-order valence-corrected chi connectivity index (χ3v) is 5.62. The van der Waals surface area contributed by atoms with Gasteiger partial charge in [-0.2, -0.15) is 5.10 Å². The van der Waals surface area contributed by atoms with E-state index in [1.54, 1.807) is 24.4 Å². The number of benzene rings is 2. The number of piperidine rings is 1. The number of anilines is 1. The molecule has 1 saturated heterocycles. The number of carbonyl (C=O) groups excluding carboxylic acids is 1. The first-order chi connectivity index (χ1) is 15.1. The summed E-state index contributed by atoms with van der Waals surface area (Å²) in [6, 6.07) is 17.6. The van der Waals surface area contributed by atoms with E-state index in [9.17, 15) is 14.0 Å². The van der Waals surface area contributed by atoms with Gasteiger partial charge in [0.15, 0.2) is 0 Å². The van der Waals surface area contributed by atoms with Crippen molar-refractivity contribution >= 4 is 11.6 Å². The average Bonchev–Trinajstić information content (AvgIpc) is 2.80. The van der Waals surface area contributed by atoms with E-state index in [1.807, 2.05) is 30.3 Å². The molecule has 0 saturated carbocycles. The summed E-state index contributed by atoms with van der Waals surface area (Å²) in [5.74, 6) is -0.407. The summed E-state index contributed by atoms with van der Waals surface area (Å²) in [5.41, 5.74) is 2.41. The fourth-order valence-electron chi connectivity index (χ4n) is 3.85. The number of hydrogen-bond donors (Lipinski definition) is 1. The third kappa shape index (κ3) is 5.36. The van der Waals surface area contributed by atoms with Crippen LogP contribution in [0.1, 0.15) is 24.0 Å². The molecule has 0 aliphatic carbocycles. The quantitative estimate of drug-likeness (QED) is 0.666. The molecule has 1 aromatic heterocycles. The molecule has 0 unspecified atom stereocenters. The summed E-state index contributed by atoms with van der Waals surface area (Å²) in [6.07, 6.45) is 3.11. The van der Waals surface area contributed by atoms with Gasteiger partial charge >= 0.3 is 0 Å². The maximum atomic E-state index is 13.3. The highest BCUT2D eigenvalue weighted by atomic mass is 19.1. The molecule has 7 heteroatoms. The van der Waals surface area contributed by atoms with Crippen molar-refractivity contribution in [3.63, 3.8) is 0 Å². The molecule has 0 radical (unpaired) electrons. The van der Waals surface area contributed by atoms with Crippen molar-refractivity contribution in [2.75, 3.05) is 18.0 Å². The van der Waals surface area contributed by atoms with E-state index >= 15 is 0 Å². The molecule has 1 aliphatic rings. The van der Waals surface area contributed by atoms with Crippen LogP contribution in [-0.4, -0.2) is 28.8 Å². The molecule has 2 heterocycles. The van der Waals surface area contributed by atoms with E-state index in [2.05, 4.69) is 15.3 Å². The highest BCUT2D eigenvalue weighted by Gasteiger charge is 2.25. The van der Waals surface area contributed by atoms with Crippen LogP contribution >= 0.6 is 0 Å². The molecule has 1 N–H and O–H groups in total. The largest absolute Gasteiger partial charge is 0.370 e. The highest BCUT2D eigenvalue weighted by Crippen LogP contribution is 2.22. The van der Waals surface area contributed by atoms with Crippen molar-refractivity contribution in [1.82, 2.24) is 15.1 Å². The van der Waals surface area contributed by atoms with Gasteiger partial charge in [-0.3, -0.25) is 9.59 Å². The van der Waals surface area contributed by atoms with Crippen molar-refractivity contribution in [2.24, 2.45) is 5.92 Å². The second kappa shape index (κ2) is 9.55. The van der Waals surface area contributed by atoms with Gasteiger partial charge in [0.05, 0.1) is 18.4 Å². The van der Waals surface area contributed by atoms with E-state index in [0.29, 0.717) is 39.0 Å². The number of carbonyl (C=O) groups is 1. The molecule has 2 aromatic carbocycles. The van der Waals surface area contributed by atoms with Crippen molar-refractivity contribution in [2.45, 2.75) is 25.9 Å². The molecule has 1 aliphatic heterocycles. The van der Waals surface area contributed by atoms with Crippen LogP contribution in [0.15, 0.2) is 71.7 Å². The van der Waals surface area contributed by atoms with Gasteiger partial charge in [-0.05, 0) is 36.1 Å². The van der Waals surface area contributed by atoms with Gasteiger partial charge in [-0.25, -0.2) is 9.07 Å². The Morgan fingerprint density at radius 2 is 1.77 bits per heavy atom. The molecule has 0 bridgehead atoms. The van der Waals surface area contributed by atoms with Gasteiger partial charge in [0.25, 0.3) is 5.56 Å². The Morgan fingerprint density at radius 1 is 1.03 bits per heavy atom.